The number of benzene rings is 2. The van der Waals surface area contributed by atoms with Gasteiger partial charge in [-0.15, -0.1) is 0 Å². The number of rotatable bonds is 3. The molecule has 2 aromatic carbocycles. The van der Waals surface area contributed by atoms with Crippen LogP contribution in [0.4, 0.5) is 0 Å². The molecule has 2 aromatic heterocycles. The molecule has 0 unspecified atom stereocenters. The van der Waals surface area contributed by atoms with Crippen LogP contribution in [-0.4, -0.2) is 34.5 Å². The van der Waals surface area contributed by atoms with E-state index >= 15 is 0 Å². The largest absolute Gasteiger partial charge is 0.336 e. The van der Waals surface area contributed by atoms with Crippen LogP contribution >= 0.6 is 0 Å². The first-order chi connectivity index (χ1) is 12.0. The van der Waals surface area contributed by atoms with Gasteiger partial charge in [0, 0.05) is 23.9 Å². The van der Waals surface area contributed by atoms with Gasteiger partial charge in [0.2, 0.25) is 0 Å². The van der Waals surface area contributed by atoms with Crippen molar-refractivity contribution in [1.29, 1.82) is 0 Å². The summed E-state index contributed by atoms with van der Waals surface area (Å²) in [5, 5.41) is 1.26. The molecule has 2 heterocycles. The Morgan fingerprint density at radius 3 is 2.32 bits per heavy atom. The van der Waals surface area contributed by atoms with Gasteiger partial charge in [0.25, 0.3) is 5.56 Å². The third-order valence-electron chi connectivity index (χ3n) is 4.56. The van der Waals surface area contributed by atoms with E-state index in [9.17, 15) is 14.4 Å². The zero-order chi connectivity index (χ0) is 17.7. The van der Waals surface area contributed by atoms with E-state index in [2.05, 4.69) is 0 Å². The van der Waals surface area contributed by atoms with Crippen LogP contribution in [0.5, 0.6) is 0 Å². The Bertz CT molecular complexity index is 1280. The van der Waals surface area contributed by atoms with Crippen LogP contribution in [0.1, 0.15) is 0 Å². The molecular weight excluding hydrogens is 318 g/mol. The minimum Gasteiger partial charge on any atom is -0.308 e. The maximum atomic E-state index is 13.1. The molecule has 0 spiro atoms. The molecule has 0 amide bonds. The fraction of sp³-hybridized carbons (Fsp3) is 0.211. The van der Waals surface area contributed by atoms with Crippen LogP contribution in [-0.2, 0) is 6.54 Å². The summed E-state index contributed by atoms with van der Waals surface area (Å²) in [5.41, 5.74) is 0.00651. The number of nitrogens with zero attached hydrogens (tertiary/aromatic N) is 3. The van der Waals surface area contributed by atoms with E-state index in [1.165, 1.54) is 8.97 Å². The zero-order valence-corrected chi connectivity index (χ0v) is 14.0. The highest BCUT2D eigenvalue weighted by Crippen LogP contribution is 2.19. The Morgan fingerprint density at radius 2 is 1.56 bits per heavy atom. The van der Waals surface area contributed by atoms with Crippen molar-refractivity contribution in [3.8, 4) is 0 Å². The second-order valence-electron chi connectivity index (χ2n) is 6.43. The van der Waals surface area contributed by atoms with E-state index in [1.54, 1.807) is 42.5 Å². The van der Waals surface area contributed by atoms with Gasteiger partial charge in [-0.05, 0) is 38.4 Å². The fourth-order valence-corrected chi connectivity index (χ4v) is 3.32. The van der Waals surface area contributed by atoms with Crippen LogP contribution in [0.25, 0.3) is 27.2 Å². The predicted molar refractivity (Wildman–Crippen MR) is 98.9 cm³/mol. The maximum Gasteiger partial charge on any atom is 0.336 e. The summed E-state index contributed by atoms with van der Waals surface area (Å²) < 4.78 is 2.75. The van der Waals surface area contributed by atoms with E-state index in [0.29, 0.717) is 40.3 Å². The van der Waals surface area contributed by atoms with Crippen molar-refractivity contribution in [3.05, 3.63) is 73.5 Å². The Morgan fingerprint density at radius 1 is 0.880 bits per heavy atom. The number of fused-ring (bicyclic) bond motifs is 2. The molecule has 0 aliphatic carbocycles. The number of hydrogen-bond donors (Lipinski definition) is 0. The van der Waals surface area contributed by atoms with Crippen LogP contribution in [0.15, 0.2) is 56.8 Å². The third kappa shape index (κ3) is 2.18. The Balaban J connectivity index is 2.29. The van der Waals surface area contributed by atoms with E-state index in [-0.39, 0.29) is 11.0 Å². The lowest BCUT2D eigenvalue weighted by Gasteiger charge is -2.15. The van der Waals surface area contributed by atoms with Gasteiger partial charge in [0.15, 0.2) is 5.43 Å². The van der Waals surface area contributed by atoms with E-state index in [4.69, 9.17) is 0 Å². The molecule has 6 nitrogen and oxygen atoms in total. The van der Waals surface area contributed by atoms with Crippen molar-refractivity contribution in [2.75, 3.05) is 20.6 Å². The van der Waals surface area contributed by atoms with Gasteiger partial charge >= 0.3 is 5.69 Å². The number of aromatic nitrogens is 2. The van der Waals surface area contributed by atoms with Gasteiger partial charge < -0.3 is 4.90 Å². The summed E-state index contributed by atoms with van der Waals surface area (Å²) >= 11 is 0. The SMILES string of the molecule is CN(C)CCn1c(=O)c2cccc3c(=O)c4ccccc4n(c1=O)c32. The molecule has 25 heavy (non-hydrogen) atoms. The highest BCUT2D eigenvalue weighted by atomic mass is 16.2. The van der Waals surface area contributed by atoms with Crippen LogP contribution in [0.2, 0.25) is 0 Å². The second kappa shape index (κ2) is 5.53. The van der Waals surface area contributed by atoms with Crippen molar-refractivity contribution in [3.63, 3.8) is 0 Å². The molecule has 0 saturated carbocycles. The summed E-state index contributed by atoms with van der Waals surface area (Å²) in [7, 11) is 3.78. The van der Waals surface area contributed by atoms with Gasteiger partial charge in [0.1, 0.15) is 0 Å². The number of pyridine rings is 1. The highest BCUT2D eigenvalue weighted by Gasteiger charge is 2.17. The zero-order valence-electron chi connectivity index (χ0n) is 14.0. The molecule has 0 bridgehead atoms. The Hall–Kier alpha value is -2.99. The number of likely N-dealkylation sites (N-methyl/N-ethyl adjacent to an activating group) is 1. The molecule has 4 aromatic rings. The quantitative estimate of drug-likeness (QED) is 0.416. The summed E-state index contributed by atoms with van der Waals surface area (Å²) in [5.74, 6) is 0. The Labute approximate surface area is 142 Å². The molecule has 6 heteroatoms. The summed E-state index contributed by atoms with van der Waals surface area (Å²) in [6.45, 7) is 0.863. The molecular formula is C19H17N3O3. The maximum absolute atomic E-state index is 13.1. The van der Waals surface area contributed by atoms with E-state index in [0.717, 1.165) is 0 Å². The smallest absolute Gasteiger partial charge is 0.308 e. The van der Waals surface area contributed by atoms with Crippen LogP contribution in [0, 0.1) is 0 Å². The van der Waals surface area contributed by atoms with Gasteiger partial charge in [-0.2, -0.15) is 0 Å². The highest BCUT2D eigenvalue weighted by molar-refractivity contribution is 6.01. The molecule has 0 aliphatic rings. The van der Waals surface area contributed by atoms with Gasteiger partial charge in [-0.25, -0.2) is 4.79 Å². The third-order valence-corrected chi connectivity index (χ3v) is 4.56. The van der Waals surface area contributed by atoms with Crippen molar-refractivity contribution in [2.45, 2.75) is 6.54 Å². The second-order valence-corrected chi connectivity index (χ2v) is 6.43. The fourth-order valence-electron chi connectivity index (χ4n) is 3.32. The first-order valence-electron chi connectivity index (χ1n) is 8.08. The van der Waals surface area contributed by atoms with Crippen molar-refractivity contribution in [2.24, 2.45) is 0 Å². The monoisotopic (exact) mass is 335 g/mol. The number of hydrogen-bond acceptors (Lipinski definition) is 4. The summed E-state index contributed by atoms with van der Waals surface area (Å²) in [6.07, 6.45) is 0. The predicted octanol–water partition coefficient (Wildman–Crippen LogP) is 1.13. The van der Waals surface area contributed by atoms with Gasteiger partial charge in [-0.3, -0.25) is 18.6 Å². The van der Waals surface area contributed by atoms with Crippen molar-refractivity contribution < 1.29 is 0 Å². The molecule has 0 fully saturated rings. The minimum atomic E-state index is -0.410. The van der Waals surface area contributed by atoms with Crippen molar-refractivity contribution in [1.82, 2.24) is 13.9 Å². The standard InChI is InChI=1S/C19H17N3O3/c1-20(2)10-11-21-18(24)14-8-5-7-13-16(14)22(19(21)25)15-9-4-3-6-12(15)17(13)23/h3-9H,10-11H2,1-2H3. The lowest BCUT2D eigenvalue weighted by atomic mass is 10.1. The van der Waals surface area contributed by atoms with Gasteiger partial charge in [0.05, 0.1) is 16.4 Å². The molecule has 0 aliphatic heterocycles. The number of para-hydroxylation sites is 2. The summed E-state index contributed by atoms with van der Waals surface area (Å²) in [4.78, 5) is 40.6. The van der Waals surface area contributed by atoms with Crippen LogP contribution in [0.3, 0.4) is 0 Å². The normalized spacial score (nSPS) is 12.0. The lowest BCUT2D eigenvalue weighted by molar-refractivity contribution is 0.376. The first kappa shape index (κ1) is 15.5. The van der Waals surface area contributed by atoms with Crippen molar-refractivity contribution >= 4 is 27.2 Å². The Kier molecular flexibility index (Phi) is 3.43. The topological polar surface area (TPSA) is 63.8 Å². The van der Waals surface area contributed by atoms with E-state index in [1.807, 2.05) is 19.0 Å². The molecule has 4 rings (SSSR count). The molecule has 126 valence electrons. The van der Waals surface area contributed by atoms with E-state index < -0.39 is 5.69 Å². The van der Waals surface area contributed by atoms with Gasteiger partial charge in [-0.1, -0.05) is 18.2 Å². The molecule has 0 atom stereocenters. The lowest BCUT2D eigenvalue weighted by Crippen LogP contribution is -2.40. The first-order valence-corrected chi connectivity index (χ1v) is 8.08. The molecule has 0 N–H and O–H groups in total. The molecule has 0 saturated heterocycles. The van der Waals surface area contributed by atoms with Crippen LogP contribution < -0.4 is 16.7 Å². The molecule has 0 radical (unpaired) electrons. The minimum absolute atomic E-state index is 0.161. The summed E-state index contributed by atoms with van der Waals surface area (Å²) in [6, 6.07) is 12.0. The average molecular weight is 335 g/mol. The average Bonchev–Trinajstić information content (AvgIpc) is 2.60.